The Bertz CT molecular complexity index is 722. The van der Waals surface area contributed by atoms with Crippen molar-refractivity contribution in [2.24, 2.45) is 5.92 Å². The van der Waals surface area contributed by atoms with Crippen molar-refractivity contribution in [2.45, 2.75) is 37.7 Å². The van der Waals surface area contributed by atoms with Crippen LogP contribution in [0.4, 0.5) is 0 Å². The summed E-state index contributed by atoms with van der Waals surface area (Å²) in [5.41, 5.74) is -0.369. The van der Waals surface area contributed by atoms with Crippen molar-refractivity contribution in [3.8, 4) is 11.5 Å². The molecule has 0 saturated heterocycles. The van der Waals surface area contributed by atoms with E-state index in [9.17, 15) is 15.0 Å². The molecule has 0 aliphatic heterocycles. The van der Waals surface area contributed by atoms with Crippen LogP contribution < -0.4 is 10.1 Å². The molecule has 0 heterocycles. The molecule has 1 fully saturated rings. The predicted molar refractivity (Wildman–Crippen MR) is 104 cm³/mol. The summed E-state index contributed by atoms with van der Waals surface area (Å²) in [5.74, 6) is 1.32. The summed E-state index contributed by atoms with van der Waals surface area (Å²) in [5, 5.41) is 22.8. The maximum absolute atomic E-state index is 12.2. The lowest BCUT2D eigenvalue weighted by molar-refractivity contribution is -0.00977. The van der Waals surface area contributed by atoms with Crippen molar-refractivity contribution >= 4 is 5.91 Å². The largest absolute Gasteiger partial charge is 0.508 e. The average molecular weight is 369 g/mol. The van der Waals surface area contributed by atoms with Crippen LogP contribution >= 0.6 is 0 Å². The molecule has 0 unspecified atom stereocenters. The maximum Gasteiger partial charge on any atom is 0.251 e. The van der Waals surface area contributed by atoms with Gasteiger partial charge in [0.1, 0.15) is 11.5 Å². The molecule has 5 nitrogen and oxygen atoms in total. The molecule has 144 valence electrons. The van der Waals surface area contributed by atoms with Gasteiger partial charge in [0.15, 0.2) is 0 Å². The highest BCUT2D eigenvalue weighted by Gasteiger charge is 2.33. The Hall–Kier alpha value is -2.53. The van der Waals surface area contributed by atoms with Gasteiger partial charge in [0, 0.05) is 12.1 Å². The van der Waals surface area contributed by atoms with E-state index in [0.29, 0.717) is 30.9 Å². The molecule has 0 aromatic heterocycles. The topological polar surface area (TPSA) is 78.8 Å². The van der Waals surface area contributed by atoms with Gasteiger partial charge in [-0.05, 0) is 74.4 Å². The molecular formula is C22H27NO4. The van der Waals surface area contributed by atoms with Crippen molar-refractivity contribution in [3.05, 3.63) is 60.2 Å². The third kappa shape index (κ3) is 5.73. The van der Waals surface area contributed by atoms with Gasteiger partial charge in [-0.25, -0.2) is 0 Å². The molecule has 1 saturated carbocycles. The van der Waals surface area contributed by atoms with E-state index in [0.717, 1.165) is 25.0 Å². The van der Waals surface area contributed by atoms with Crippen molar-refractivity contribution in [2.75, 3.05) is 13.2 Å². The van der Waals surface area contributed by atoms with E-state index >= 15 is 0 Å². The molecule has 1 aliphatic carbocycles. The summed E-state index contributed by atoms with van der Waals surface area (Å²) >= 11 is 0. The fourth-order valence-electron chi connectivity index (χ4n) is 3.50. The summed E-state index contributed by atoms with van der Waals surface area (Å²) in [6, 6.07) is 15.9. The van der Waals surface area contributed by atoms with Gasteiger partial charge in [-0.1, -0.05) is 18.2 Å². The van der Waals surface area contributed by atoms with Crippen LogP contribution in [0, 0.1) is 5.92 Å². The number of aromatic hydroxyl groups is 1. The molecule has 0 bridgehead atoms. The van der Waals surface area contributed by atoms with Crippen LogP contribution in [0.5, 0.6) is 11.5 Å². The number of aliphatic hydroxyl groups is 1. The van der Waals surface area contributed by atoms with Crippen LogP contribution in [0.2, 0.25) is 0 Å². The SMILES string of the molecule is O=C(NC[C@]1(O)CC[C@@H](CCOc2ccccc2)CC1)c1ccc(O)cc1. The number of para-hydroxylation sites is 1. The van der Waals surface area contributed by atoms with Crippen LogP contribution in [-0.2, 0) is 0 Å². The quantitative estimate of drug-likeness (QED) is 0.698. The number of phenols is 1. The minimum absolute atomic E-state index is 0.125. The minimum Gasteiger partial charge on any atom is -0.508 e. The molecular weight excluding hydrogens is 342 g/mol. The Morgan fingerprint density at radius 2 is 1.74 bits per heavy atom. The minimum atomic E-state index is -0.844. The van der Waals surface area contributed by atoms with Crippen molar-refractivity contribution in [3.63, 3.8) is 0 Å². The van der Waals surface area contributed by atoms with Gasteiger partial charge in [-0.15, -0.1) is 0 Å². The average Bonchev–Trinajstić information content (AvgIpc) is 2.69. The number of carbonyl (C=O) groups excluding carboxylic acids is 1. The summed E-state index contributed by atoms with van der Waals surface area (Å²) in [6.45, 7) is 0.935. The molecule has 27 heavy (non-hydrogen) atoms. The zero-order valence-corrected chi connectivity index (χ0v) is 15.4. The molecule has 0 radical (unpaired) electrons. The maximum atomic E-state index is 12.2. The first-order valence-electron chi connectivity index (χ1n) is 9.52. The number of hydrogen-bond donors (Lipinski definition) is 3. The fraction of sp³-hybridized carbons (Fsp3) is 0.409. The van der Waals surface area contributed by atoms with Crippen LogP contribution in [0.15, 0.2) is 54.6 Å². The lowest BCUT2D eigenvalue weighted by Crippen LogP contribution is -2.45. The van der Waals surface area contributed by atoms with Gasteiger partial charge in [0.05, 0.1) is 12.2 Å². The number of phenolic OH excluding ortho intramolecular Hbond substituents is 1. The number of ether oxygens (including phenoxy) is 1. The Morgan fingerprint density at radius 1 is 1.07 bits per heavy atom. The molecule has 3 rings (SSSR count). The molecule has 2 aromatic carbocycles. The van der Waals surface area contributed by atoms with E-state index in [-0.39, 0.29) is 18.2 Å². The van der Waals surface area contributed by atoms with E-state index in [1.165, 1.54) is 12.1 Å². The highest BCUT2D eigenvalue weighted by Crippen LogP contribution is 2.33. The Balaban J connectivity index is 1.38. The van der Waals surface area contributed by atoms with Gasteiger partial charge in [-0.2, -0.15) is 0 Å². The van der Waals surface area contributed by atoms with E-state index < -0.39 is 5.60 Å². The standard InChI is InChI=1S/C22H27NO4/c24-19-8-6-18(7-9-19)21(25)23-16-22(26)13-10-17(11-14-22)12-15-27-20-4-2-1-3-5-20/h1-9,17,24,26H,10-16H2,(H,23,25)/t17-,22+. The molecule has 3 N–H and O–H groups in total. The molecule has 5 heteroatoms. The van der Waals surface area contributed by atoms with Crippen molar-refractivity contribution in [1.29, 1.82) is 0 Å². The van der Waals surface area contributed by atoms with E-state index in [2.05, 4.69) is 5.32 Å². The lowest BCUT2D eigenvalue weighted by atomic mass is 9.77. The first-order chi connectivity index (χ1) is 13.0. The molecule has 0 spiro atoms. The second kappa shape index (κ2) is 8.91. The smallest absolute Gasteiger partial charge is 0.251 e. The summed E-state index contributed by atoms with van der Waals surface area (Å²) in [4.78, 5) is 12.2. The van der Waals surface area contributed by atoms with Gasteiger partial charge in [0.2, 0.25) is 0 Å². The number of amides is 1. The summed E-state index contributed by atoms with van der Waals surface area (Å²) in [6.07, 6.45) is 4.20. The highest BCUT2D eigenvalue weighted by atomic mass is 16.5. The van der Waals surface area contributed by atoms with Gasteiger partial charge in [0.25, 0.3) is 5.91 Å². The monoisotopic (exact) mass is 369 g/mol. The molecule has 1 amide bonds. The lowest BCUT2D eigenvalue weighted by Gasteiger charge is -2.36. The van der Waals surface area contributed by atoms with E-state index in [4.69, 9.17) is 4.74 Å². The number of hydrogen-bond acceptors (Lipinski definition) is 4. The third-order valence-corrected chi connectivity index (χ3v) is 5.28. The predicted octanol–water partition coefficient (Wildman–Crippen LogP) is 3.51. The van der Waals surface area contributed by atoms with Crippen molar-refractivity contribution in [1.82, 2.24) is 5.32 Å². The van der Waals surface area contributed by atoms with Gasteiger partial charge in [-0.3, -0.25) is 4.79 Å². The highest BCUT2D eigenvalue weighted by molar-refractivity contribution is 5.94. The summed E-state index contributed by atoms with van der Waals surface area (Å²) in [7, 11) is 0. The molecule has 0 atom stereocenters. The second-order valence-corrected chi connectivity index (χ2v) is 7.35. The third-order valence-electron chi connectivity index (χ3n) is 5.28. The first kappa shape index (κ1) is 19.2. The zero-order chi connectivity index (χ0) is 19.1. The van der Waals surface area contributed by atoms with E-state index in [1.54, 1.807) is 12.1 Å². The summed E-state index contributed by atoms with van der Waals surface area (Å²) < 4.78 is 5.76. The Kier molecular flexibility index (Phi) is 6.35. The van der Waals surface area contributed by atoms with E-state index in [1.807, 2.05) is 30.3 Å². The Morgan fingerprint density at radius 3 is 2.41 bits per heavy atom. The number of benzene rings is 2. The molecule has 2 aromatic rings. The van der Waals surface area contributed by atoms with Crippen LogP contribution in [0.25, 0.3) is 0 Å². The van der Waals surface area contributed by atoms with Crippen LogP contribution in [0.3, 0.4) is 0 Å². The Labute approximate surface area is 160 Å². The normalized spacial score (nSPS) is 22.2. The van der Waals surface area contributed by atoms with Gasteiger partial charge >= 0.3 is 0 Å². The van der Waals surface area contributed by atoms with Gasteiger partial charge < -0.3 is 20.3 Å². The number of rotatable bonds is 7. The number of carbonyl (C=O) groups is 1. The fourth-order valence-corrected chi connectivity index (χ4v) is 3.50. The number of nitrogens with one attached hydrogen (secondary N) is 1. The van der Waals surface area contributed by atoms with Crippen molar-refractivity contribution < 1.29 is 19.7 Å². The molecule has 1 aliphatic rings. The first-order valence-corrected chi connectivity index (χ1v) is 9.52. The zero-order valence-electron chi connectivity index (χ0n) is 15.4. The van der Waals surface area contributed by atoms with Crippen LogP contribution in [0.1, 0.15) is 42.5 Å². The van der Waals surface area contributed by atoms with Crippen LogP contribution in [-0.4, -0.2) is 34.9 Å². The second-order valence-electron chi connectivity index (χ2n) is 7.35.